The molecule has 0 radical (unpaired) electrons. The van der Waals surface area contributed by atoms with Gasteiger partial charge in [0.25, 0.3) is 0 Å². The molecule has 0 aromatic heterocycles. The van der Waals surface area contributed by atoms with Crippen LogP contribution < -0.4 is 5.32 Å². The molecule has 0 aliphatic carbocycles. The summed E-state index contributed by atoms with van der Waals surface area (Å²) in [7, 11) is -2.66. The van der Waals surface area contributed by atoms with Crippen molar-refractivity contribution in [3.8, 4) is 0 Å². The molecule has 0 aliphatic heterocycles. The van der Waals surface area contributed by atoms with Crippen molar-refractivity contribution < 1.29 is 22.4 Å². The minimum Gasteiger partial charge on any atom is -0.352 e. The van der Waals surface area contributed by atoms with E-state index < -0.39 is 34.3 Å². The molecule has 2 amide bonds. The molecule has 34 heavy (non-hydrogen) atoms. The summed E-state index contributed by atoms with van der Waals surface area (Å²) in [5.41, 5.74) is 0.618. The maximum Gasteiger partial charge on any atom is 0.243 e. The van der Waals surface area contributed by atoms with Gasteiger partial charge in [-0.3, -0.25) is 9.59 Å². The van der Waals surface area contributed by atoms with Crippen molar-refractivity contribution in [1.29, 1.82) is 0 Å². The van der Waals surface area contributed by atoms with E-state index in [1.54, 1.807) is 6.92 Å². The van der Waals surface area contributed by atoms with Crippen LogP contribution >= 0.6 is 11.6 Å². The van der Waals surface area contributed by atoms with Crippen molar-refractivity contribution in [3.63, 3.8) is 0 Å². The summed E-state index contributed by atoms with van der Waals surface area (Å²) in [4.78, 5) is 27.7. The van der Waals surface area contributed by atoms with E-state index >= 15 is 0 Å². The summed E-state index contributed by atoms with van der Waals surface area (Å²) in [5.74, 6) is -1.29. The van der Waals surface area contributed by atoms with Crippen LogP contribution in [0.25, 0.3) is 0 Å². The van der Waals surface area contributed by atoms with E-state index in [2.05, 4.69) is 5.32 Å². The van der Waals surface area contributed by atoms with Crippen molar-refractivity contribution in [2.75, 3.05) is 13.6 Å². The van der Waals surface area contributed by atoms with Gasteiger partial charge in [0.15, 0.2) is 0 Å². The summed E-state index contributed by atoms with van der Waals surface area (Å²) in [6, 6.07) is 10.3. The lowest BCUT2D eigenvalue weighted by Gasteiger charge is -2.32. The smallest absolute Gasteiger partial charge is 0.243 e. The highest BCUT2D eigenvalue weighted by Crippen LogP contribution is 2.19. The Morgan fingerprint density at radius 3 is 2.15 bits per heavy atom. The molecule has 0 spiro atoms. The number of hydrogen-bond donors (Lipinski definition) is 1. The predicted octanol–water partition coefficient (Wildman–Crippen LogP) is 3.82. The first kappa shape index (κ1) is 27.8. The van der Waals surface area contributed by atoms with Gasteiger partial charge in [0.1, 0.15) is 11.9 Å². The van der Waals surface area contributed by atoms with Crippen LogP contribution in [0.3, 0.4) is 0 Å². The third-order valence-electron chi connectivity index (χ3n) is 5.53. The van der Waals surface area contributed by atoms with Crippen LogP contribution in [0.2, 0.25) is 5.02 Å². The van der Waals surface area contributed by atoms with E-state index in [9.17, 15) is 22.4 Å². The van der Waals surface area contributed by atoms with Gasteiger partial charge in [-0.25, -0.2) is 12.8 Å². The number of rotatable bonds is 11. The molecule has 186 valence electrons. The quantitative estimate of drug-likeness (QED) is 0.497. The van der Waals surface area contributed by atoms with Crippen LogP contribution in [0.4, 0.5) is 4.39 Å². The molecule has 0 heterocycles. The lowest BCUT2D eigenvalue weighted by molar-refractivity contribution is -0.141. The van der Waals surface area contributed by atoms with Gasteiger partial charge in [-0.1, -0.05) is 37.6 Å². The number of carbonyl (C=O) groups excluding carboxylic acids is 2. The standard InChI is InChI=1S/C24H31ClFN3O4S/c1-5-17(3)27-24(31)22(6-2)29(15-18-7-11-20(26)12-8-18)23(30)16-28(4)34(32,33)21-13-9-19(25)10-14-21/h7-14,17,22H,5-6,15-16H2,1-4H3,(H,27,31)/t17-,22-/m1/s1. The number of nitrogens with one attached hydrogen (secondary N) is 1. The van der Waals surface area contributed by atoms with Gasteiger partial charge < -0.3 is 10.2 Å². The fourth-order valence-electron chi connectivity index (χ4n) is 3.30. The van der Waals surface area contributed by atoms with E-state index in [1.165, 1.54) is 60.5 Å². The molecule has 2 aromatic rings. The second-order valence-electron chi connectivity index (χ2n) is 8.11. The van der Waals surface area contributed by atoms with Gasteiger partial charge in [0.05, 0.1) is 11.4 Å². The SMILES string of the molecule is CC[C@@H](C)NC(=O)[C@@H](CC)N(Cc1ccc(F)cc1)C(=O)CN(C)S(=O)(=O)c1ccc(Cl)cc1. The molecule has 0 fully saturated rings. The minimum atomic E-state index is -3.96. The first-order chi connectivity index (χ1) is 16.0. The highest BCUT2D eigenvalue weighted by molar-refractivity contribution is 7.89. The zero-order chi connectivity index (χ0) is 25.5. The van der Waals surface area contributed by atoms with E-state index in [1.807, 2.05) is 13.8 Å². The third kappa shape index (κ3) is 7.25. The van der Waals surface area contributed by atoms with Gasteiger partial charge in [-0.05, 0) is 61.7 Å². The molecule has 2 atom stereocenters. The lowest BCUT2D eigenvalue weighted by atomic mass is 10.1. The Bertz CT molecular complexity index is 1080. The number of halogens is 2. The first-order valence-electron chi connectivity index (χ1n) is 11.1. The Labute approximate surface area is 205 Å². The number of sulfonamides is 1. The van der Waals surface area contributed by atoms with Crippen LogP contribution in [0.5, 0.6) is 0 Å². The van der Waals surface area contributed by atoms with E-state index in [0.717, 1.165) is 10.7 Å². The predicted molar refractivity (Wildman–Crippen MR) is 130 cm³/mol. The highest BCUT2D eigenvalue weighted by Gasteiger charge is 2.32. The van der Waals surface area contributed by atoms with Crippen molar-refractivity contribution in [2.24, 2.45) is 0 Å². The molecule has 10 heteroatoms. The number of nitrogens with zero attached hydrogens (tertiary/aromatic N) is 2. The number of carbonyl (C=O) groups is 2. The summed E-state index contributed by atoms with van der Waals surface area (Å²) < 4.78 is 40.2. The Balaban J connectivity index is 2.32. The molecule has 7 nitrogen and oxygen atoms in total. The maximum absolute atomic E-state index is 13.4. The largest absolute Gasteiger partial charge is 0.352 e. The molecule has 0 aliphatic rings. The Morgan fingerprint density at radius 1 is 1.03 bits per heavy atom. The molecule has 1 N–H and O–H groups in total. The van der Waals surface area contributed by atoms with Crippen LogP contribution in [0, 0.1) is 5.82 Å². The number of hydrogen-bond acceptors (Lipinski definition) is 4. The Hall–Kier alpha value is -2.49. The van der Waals surface area contributed by atoms with E-state index in [-0.39, 0.29) is 23.4 Å². The molecule has 0 saturated heterocycles. The number of benzene rings is 2. The fourth-order valence-corrected chi connectivity index (χ4v) is 4.55. The minimum absolute atomic E-state index is 0.00107. The fraction of sp³-hybridized carbons (Fsp3) is 0.417. The van der Waals surface area contributed by atoms with Crippen LogP contribution in [-0.4, -0.2) is 55.1 Å². The van der Waals surface area contributed by atoms with Crippen molar-refractivity contribution in [2.45, 2.75) is 57.1 Å². The average molecular weight is 512 g/mol. The zero-order valence-electron chi connectivity index (χ0n) is 19.8. The highest BCUT2D eigenvalue weighted by atomic mass is 35.5. The average Bonchev–Trinajstić information content (AvgIpc) is 2.80. The summed E-state index contributed by atoms with van der Waals surface area (Å²) in [6.07, 6.45) is 1.04. The zero-order valence-corrected chi connectivity index (χ0v) is 21.4. The van der Waals surface area contributed by atoms with E-state index in [4.69, 9.17) is 11.6 Å². The second-order valence-corrected chi connectivity index (χ2v) is 10.6. The van der Waals surface area contributed by atoms with Gasteiger partial charge in [0.2, 0.25) is 21.8 Å². The number of likely N-dealkylation sites (N-methyl/N-ethyl adjacent to an activating group) is 1. The molecule has 0 saturated carbocycles. The van der Waals surface area contributed by atoms with E-state index in [0.29, 0.717) is 17.0 Å². The summed E-state index contributed by atoms with van der Waals surface area (Å²) in [6.45, 7) is 5.13. The van der Waals surface area contributed by atoms with Crippen molar-refractivity contribution >= 4 is 33.4 Å². The summed E-state index contributed by atoms with van der Waals surface area (Å²) >= 11 is 5.85. The van der Waals surface area contributed by atoms with Crippen LogP contribution in [0.15, 0.2) is 53.4 Å². The van der Waals surface area contributed by atoms with Crippen molar-refractivity contribution in [1.82, 2.24) is 14.5 Å². The molecular weight excluding hydrogens is 481 g/mol. The number of amides is 2. The summed E-state index contributed by atoms with van der Waals surface area (Å²) in [5, 5.41) is 3.28. The lowest BCUT2D eigenvalue weighted by Crippen LogP contribution is -2.53. The first-order valence-corrected chi connectivity index (χ1v) is 12.9. The molecular formula is C24H31ClFN3O4S. The van der Waals surface area contributed by atoms with Gasteiger partial charge in [-0.15, -0.1) is 0 Å². The van der Waals surface area contributed by atoms with Crippen LogP contribution in [0.1, 0.15) is 39.2 Å². The van der Waals surface area contributed by atoms with Crippen LogP contribution in [-0.2, 0) is 26.2 Å². The normalized spacial score (nSPS) is 13.4. The van der Waals surface area contributed by atoms with Gasteiger partial charge >= 0.3 is 0 Å². The Kier molecular flexibility index (Phi) is 10.0. The van der Waals surface area contributed by atoms with Gasteiger partial charge in [0, 0.05) is 24.7 Å². The molecule has 0 unspecified atom stereocenters. The topological polar surface area (TPSA) is 86.8 Å². The monoisotopic (exact) mass is 511 g/mol. The molecule has 0 bridgehead atoms. The maximum atomic E-state index is 13.4. The second kappa shape index (κ2) is 12.3. The van der Waals surface area contributed by atoms with Gasteiger partial charge in [-0.2, -0.15) is 4.31 Å². The Morgan fingerprint density at radius 2 is 1.62 bits per heavy atom. The van der Waals surface area contributed by atoms with Crippen molar-refractivity contribution in [3.05, 3.63) is 64.9 Å². The molecule has 2 aromatic carbocycles. The molecule has 2 rings (SSSR count). The third-order valence-corrected chi connectivity index (χ3v) is 7.60.